The van der Waals surface area contributed by atoms with Gasteiger partial charge in [-0.15, -0.1) is 0 Å². The maximum atomic E-state index is 11.8. The van der Waals surface area contributed by atoms with E-state index in [1.54, 1.807) is 31.2 Å². The average Bonchev–Trinajstić information content (AvgIpc) is 2.24. The molecule has 102 valence electrons. The molecule has 0 saturated heterocycles. The fourth-order valence-electron chi connectivity index (χ4n) is 1.33. The van der Waals surface area contributed by atoms with Gasteiger partial charge in [-0.25, -0.2) is 0 Å². The molecule has 3 nitrogen and oxygen atoms in total. The van der Waals surface area contributed by atoms with E-state index in [1.165, 1.54) is 0 Å². The molecule has 0 aromatic heterocycles. The van der Waals surface area contributed by atoms with Gasteiger partial charge in [0.2, 0.25) is 0 Å². The first-order valence-electron chi connectivity index (χ1n) is 5.41. The zero-order valence-corrected chi connectivity index (χ0v) is 9.91. The Kier molecular flexibility index (Phi) is 5.43. The predicted molar refractivity (Wildman–Crippen MR) is 59.3 cm³/mol. The highest BCUT2D eigenvalue weighted by atomic mass is 19.4. The van der Waals surface area contributed by atoms with E-state index < -0.39 is 25.7 Å². The van der Waals surface area contributed by atoms with E-state index in [9.17, 15) is 13.2 Å². The molecule has 0 radical (unpaired) electrons. The molecule has 6 heteroatoms. The molecule has 0 spiro atoms. The molecule has 1 unspecified atom stereocenters. The van der Waals surface area contributed by atoms with Gasteiger partial charge in [0.15, 0.2) is 6.79 Å². The second-order valence-corrected chi connectivity index (χ2v) is 3.92. The zero-order valence-electron chi connectivity index (χ0n) is 9.91. The third kappa shape index (κ3) is 6.46. The maximum Gasteiger partial charge on any atom is 0.411 e. The van der Waals surface area contributed by atoms with Gasteiger partial charge in [0, 0.05) is 0 Å². The molecule has 0 bridgehead atoms. The SMILES string of the molecule is CC(O)Cc1ccc(OCOCC(F)(F)F)cc1. The molecule has 1 atom stereocenters. The summed E-state index contributed by atoms with van der Waals surface area (Å²) in [5.41, 5.74) is 0.925. The van der Waals surface area contributed by atoms with Crippen LogP contribution in [-0.4, -0.2) is 30.8 Å². The lowest BCUT2D eigenvalue weighted by molar-refractivity contribution is -0.186. The van der Waals surface area contributed by atoms with Crippen LogP contribution in [0, 0.1) is 0 Å². The van der Waals surface area contributed by atoms with Crippen LogP contribution in [0.3, 0.4) is 0 Å². The number of halogens is 3. The second kappa shape index (κ2) is 6.61. The third-order valence-electron chi connectivity index (χ3n) is 2.03. The lowest BCUT2D eigenvalue weighted by atomic mass is 10.1. The summed E-state index contributed by atoms with van der Waals surface area (Å²) < 4.78 is 44.5. The van der Waals surface area contributed by atoms with E-state index in [-0.39, 0.29) is 0 Å². The van der Waals surface area contributed by atoms with Crippen LogP contribution in [0.4, 0.5) is 13.2 Å². The van der Waals surface area contributed by atoms with Gasteiger partial charge in [0.05, 0.1) is 6.10 Å². The summed E-state index contributed by atoms with van der Waals surface area (Å²) in [6.07, 6.45) is -4.26. The molecule has 0 heterocycles. The number of alkyl halides is 3. The van der Waals surface area contributed by atoms with Crippen LogP contribution >= 0.6 is 0 Å². The molecule has 0 saturated carbocycles. The predicted octanol–water partition coefficient (Wildman–Crippen LogP) is 2.53. The van der Waals surface area contributed by atoms with Crippen LogP contribution in [0.1, 0.15) is 12.5 Å². The monoisotopic (exact) mass is 264 g/mol. The molecule has 0 aliphatic carbocycles. The first-order valence-corrected chi connectivity index (χ1v) is 5.41. The smallest absolute Gasteiger partial charge is 0.411 e. The van der Waals surface area contributed by atoms with Crippen molar-refractivity contribution in [2.24, 2.45) is 0 Å². The Morgan fingerprint density at radius 2 is 1.83 bits per heavy atom. The Bertz CT molecular complexity index is 347. The van der Waals surface area contributed by atoms with E-state index in [2.05, 4.69) is 4.74 Å². The third-order valence-corrected chi connectivity index (χ3v) is 2.03. The van der Waals surface area contributed by atoms with Crippen LogP contribution in [0.5, 0.6) is 5.75 Å². The molecule has 0 aliphatic rings. The van der Waals surface area contributed by atoms with Gasteiger partial charge < -0.3 is 14.6 Å². The van der Waals surface area contributed by atoms with Gasteiger partial charge in [-0.1, -0.05) is 12.1 Å². The molecule has 0 amide bonds. The van der Waals surface area contributed by atoms with Crippen LogP contribution in [0.2, 0.25) is 0 Å². The van der Waals surface area contributed by atoms with Gasteiger partial charge in [0.1, 0.15) is 12.4 Å². The van der Waals surface area contributed by atoms with Crippen LogP contribution < -0.4 is 4.74 Å². The van der Waals surface area contributed by atoms with Gasteiger partial charge in [0.25, 0.3) is 0 Å². The van der Waals surface area contributed by atoms with Gasteiger partial charge in [-0.3, -0.25) is 0 Å². The summed E-state index contributed by atoms with van der Waals surface area (Å²) in [7, 11) is 0. The Morgan fingerprint density at radius 1 is 1.22 bits per heavy atom. The number of aliphatic hydroxyl groups excluding tert-OH is 1. The minimum absolute atomic E-state index is 0.423. The van der Waals surface area contributed by atoms with Crippen molar-refractivity contribution in [1.82, 2.24) is 0 Å². The topological polar surface area (TPSA) is 38.7 Å². The van der Waals surface area contributed by atoms with Crippen LogP contribution in [0.25, 0.3) is 0 Å². The van der Waals surface area contributed by atoms with Crippen molar-refractivity contribution in [2.75, 3.05) is 13.4 Å². The molecule has 18 heavy (non-hydrogen) atoms. The van der Waals surface area contributed by atoms with Crippen molar-refractivity contribution in [3.8, 4) is 5.75 Å². The standard InChI is InChI=1S/C12H15F3O3/c1-9(16)6-10-2-4-11(5-3-10)18-8-17-7-12(13,14)15/h2-5,9,16H,6-8H2,1H3. The first-order chi connectivity index (χ1) is 8.37. The molecule has 0 fully saturated rings. The summed E-state index contributed by atoms with van der Waals surface area (Å²) in [6, 6.07) is 6.72. The molecule has 1 N–H and O–H groups in total. The lowest BCUT2D eigenvalue weighted by Crippen LogP contribution is -2.19. The van der Waals surface area contributed by atoms with Gasteiger partial charge >= 0.3 is 6.18 Å². The Balaban J connectivity index is 2.31. The minimum Gasteiger partial charge on any atom is -0.468 e. The molecule has 1 aromatic carbocycles. The Hall–Kier alpha value is -1.27. The first kappa shape index (κ1) is 14.8. The van der Waals surface area contributed by atoms with Crippen LogP contribution in [0.15, 0.2) is 24.3 Å². The quantitative estimate of drug-likeness (QED) is 0.634. The van der Waals surface area contributed by atoms with E-state index in [0.29, 0.717) is 12.2 Å². The van der Waals surface area contributed by atoms with Crippen molar-refractivity contribution < 1.29 is 27.8 Å². The largest absolute Gasteiger partial charge is 0.468 e. The number of ether oxygens (including phenoxy) is 2. The van der Waals surface area contributed by atoms with E-state index in [1.807, 2.05) is 0 Å². The molecular formula is C12H15F3O3. The molecule has 1 aromatic rings. The fourth-order valence-corrected chi connectivity index (χ4v) is 1.33. The second-order valence-electron chi connectivity index (χ2n) is 3.92. The molecule has 0 aliphatic heterocycles. The Morgan fingerprint density at radius 3 is 2.33 bits per heavy atom. The highest BCUT2D eigenvalue weighted by molar-refractivity contribution is 5.27. The van der Waals surface area contributed by atoms with Crippen molar-refractivity contribution in [1.29, 1.82) is 0 Å². The highest BCUT2D eigenvalue weighted by Gasteiger charge is 2.27. The Labute approximate surface area is 103 Å². The fraction of sp³-hybridized carbons (Fsp3) is 0.500. The van der Waals surface area contributed by atoms with Crippen molar-refractivity contribution >= 4 is 0 Å². The van der Waals surface area contributed by atoms with Crippen molar-refractivity contribution in [3.05, 3.63) is 29.8 Å². The zero-order chi connectivity index (χ0) is 13.6. The number of rotatable bonds is 6. The van der Waals surface area contributed by atoms with Gasteiger partial charge in [-0.2, -0.15) is 13.2 Å². The number of hydrogen-bond acceptors (Lipinski definition) is 3. The lowest BCUT2D eigenvalue weighted by Gasteiger charge is -2.10. The van der Waals surface area contributed by atoms with Crippen molar-refractivity contribution in [3.63, 3.8) is 0 Å². The highest BCUT2D eigenvalue weighted by Crippen LogP contribution is 2.16. The summed E-state index contributed by atoms with van der Waals surface area (Å²) in [5, 5.41) is 9.17. The minimum atomic E-state index is -4.34. The number of hydrogen-bond donors (Lipinski definition) is 1. The average molecular weight is 264 g/mol. The summed E-state index contributed by atoms with van der Waals surface area (Å²) in [6.45, 7) is -0.0994. The summed E-state index contributed by atoms with van der Waals surface area (Å²) >= 11 is 0. The van der Waals surface area contributed by atoms with E-state index >= 15 is 0 Å². The molecular weight excluding hydrogens is 249 g/mol. The number of benzene rings is 1. The summed E-state index contributed by atoms with van der Waals surface area (Å²) in [5.74, 6) is 0.423. The normalized spacial score (nSPS) is 13.4. The number of aliphatic hydroxyl groups is 1. The summed E-state index contributed by atoms with van der Waals surface area (Å²) in [4.78, 5) is 0. The van der Waals surface area contributed by atoms with Crippen molar-refractivity contribution in [2.45, 2.75) is 25.6 Å². The van der Waals surface area contributed by atoms with Gasteiger partial charge in [-0.05, 0) is 31.0 Å². The molecule has 1 rings (SSSR count). The maximum absolute atomic E-state index is 11.8. The van der Waals surface area contributed by atoms with E-state index in [4.69, 9.17) is 9.84 Å². The van der Waals surface area contributed by atoms with E-state index in [0.717, 1.165) is 5.56 Å². The van der Waals surface area contributed by atoms with Crippen LogP contribution in [-0.2, 0) is 11.2 Å².